The molecule has 1 rings (SSSR count). The van der Waals surface area contributed by atoms with Gasteiger partial charge in [-0.15, -0.1) is 0 Å². The molecule has 0 spiro atoms. The van der Waals surface area contributed by atoms with Crippen molar-refractivity contribution in [2.45, 2.75) is 52.6 Å². The summed E-state index contributed by atoms with van der Waals surface area (Å²) in [4.78, 5) is 12.0. The molecule has 1 heterocycles. The van der Waals surface area contributed by atoms with Gasteiger partial charge < -0.3 is 9.64 Å². The molecule has 0 aromatic heterocycles. The fourth-order valence-corrected chi connectivity index (χ4v) is 1.75. The zero-order chi connectivity index (χ0) is 12.6. The molecule has 0 amide bonds. The first-order valence-electron chi connectivity index (χ1n) is 6.19. The molecule has 96 valence electrons. The van der Waals surface area contributed by atoms with E-state index in [1.54, 1.807) is 0 Å². The standard InChI is InChI=1S/C8H17N.C5H10O2/c1-3-8-5-4-6-9(2)7-8;1-5(2,3)7-4-6/h8H,3-7H2,1-2H3;4H,1-3H3/t8-;/m1./s1. The Labute approximate surface area is 100 Å². The summed E-state index contributed by atoms with van der Waals surface area (Å²) in [6, 6.07) is 0. The van der Waals surface area contributed by atoms with Crippen molar-refractivity contribution in [2.75, 3.05) is 20.1 Å². The molecule has 1 aliphatic heterocycles. The predicted octanol–water partition coefficient (Wildman–Crippen LogP) is 2.70. The number of rotatable bonds is 2. The smallest absolute Gasteiger partial charge is 0.293 e. The Hall–Kier alpha value is -0.570. The molecular weight excluding hydrogens is 202 g/mol. The van der Waals surface area contributed by atoms with Crippen LogP contribution in [0.5, 0.6) is 0 Å². The topological polar surface area (TPSA) is 29.5 Å². The summed E-state index contributed by atoms with van der Waals surface area (Å²) in [7, 11) is 2.22. The first-order chi connectivity index (χ1) is 7.39. The van der Waals surface area contributed by atoms with Gasteiger partial charge >= 0.3 is 0 Å². The van der Waals surface area contributed by atoms with Crippen LogP contribution < -0.4 is 0 Å². The molecule has 1 aliphatic rings. The summed E-state index contributed by atoms with van der Waals surface area (Å²) < 4.78 is 4.55. The van der Waals surface area contributed by atoms with Crippen LogP contribution in [0.1, 0.15) is 47.0 Å². The van der Waals surface area contributed by atoms with Crippen LogP contribution in [-0.2, 0) is 9.53 Å². The molecule has 0 radical (unpaired) electrons. The van der Waals surface area contributed by atoms with Crippen molar-refractivity contribution in [1.29, 1.82) is 0 Å². The second kappa shape index (κ2) is 7.66. The Bertz CT molecular complexity index is 187. The highest BCUT2D eigenvalue weighted by Crippen LogP contribution is 2.17. The summed E-state index contributed by atoms with van der Waals surface area (Å²) in [5.41, 5.74) is -0.318. The number of piperidine rings is 1. The number of carbonyl (C=O) groups excluding carboxylic acids is 1. The molecule has 1 fully saturated rings. The molecular formula is C13H27NO2. The van der Waals surface area contributed by atoms with Crippen LogP contribution >= 0.6 is 0 Å². The van der Waals surface area contributed by atoms with Crippen molar-refractivity contribution in [3.8, 4) is 0 Å². The molecule has 0 N–H and O–H groups in total. The van der Waals surface area contributed by atoms with Gasteiger partial charge in [0.2, 0.25) is 0 Å². The zero-order valence-corrected chi connectivity index (χ0v) is 11.5. The molecule has 0 unspecified atom stereocenters. The van der Waals surface area contributed by atoms with E-state index in [0.29, 0.717) is 6.47 Å². The fraction of sp³-hybridized carbons (Fsp3) is 0.923. The Morgan fingerprint density at radius 1 is 1.44 bits per heavy atom. The third-order valence-corrected chi connectivity index (χ3v) is 2.70. The van der Waals surface area contributed by atoms with Gasteiger partial charge in [0.15, 0.2) is 0 Å². The Balaban J connectivity index is 0.000000293. The summed E-state index contributed by atoms with van der Waals surface area (Å²) >= 11 is 0. The Morgan fingerprint density at radius 3 is 2.31 bits per heavy atom. The lowest BCUT2D eigenvalue weighted by molar-refractivity contribution is -0.138. The molecule has 1 saturated heterocycles. The SMILES string of the molecule is CC(C)(C)OC=O.CC[C@@H]1CCCN(C)C1. The van der Waals surface area contributed by atoms with E-state index in [9.17, 15) is 4.79 Å². The van der Waals surface area contributed by atoms with E-state index >= 15 is 0 Å². The van der Waals surface area contributed by atoms with Crippen molar-refractivity contribution in [3.63, 3.8) is 0 Å². The van der Waals surface area contributed by atoms with Crippen LogP contribution in [-0.4, -0.2) is 37.1 Å². The average Bonchev–Trinajstić information content (AvgIpc) is 2.17. The molecule has 0 aromatic rings. The molecule has 1 atom stereocenters. The monoisotopic (exact) mass is 229 g/mol. The van der Waals surface area contributed by atoms with Crippen LogP contribution in [0.25, 0.3) is 0 Å². The highest BCUT2D eigenvalue weighted by molar-refractivity contribution is 5.37. The maximum absolute atomic E-state index is 9.60. The lowest BCUT2D eigenvalue weighted by atomic mass is 9.96. The maximum atomic E-state index is 9.60. The van der Waals surface area contributed by atoms with Crippen LogP contribution in [0.3, 0.4) is 0 Å². The van der Waals surface area contributed by atoms with Gasteiger partial charge in [-0.25, -0.2) is 0 Å². The number of hydrogen-bond donors (Lipinski definition) is 0. The lowest BCUT2D eigenvalue weighted by Gasteiger charge is -2.28. The van der Waals surface area contributed by atoms with Gasteiger partial charge in [0.1, 0.15) is 5.60 Å². The molecule has 3 nitrogen and oxygen atoms in total. The normalized spacial score (nSPS) is 21.9. The molecule has 16 heavy (non-hydrogen) atoms. The minimum atomic E-state index is -0.318. The number of nitrogens with zero attached hydrogens (tertiary/aromatic N) is 1. The van der Waals surface area contributed by atoms with E-state index in [2.05, 4.69) is 23.6 Å². The van der Waals surface area contributed by atoms with Gasteiger partial charge in [-0.1, -0.05) is 13.3 Å². The van der Waals surface area contributed by atoms with Gasteiger partial charge in [-0.05, 0) is 53.1 Å². The summed E-state index contributed by atoms with van der Waals surface area (Å²) in [6.07, 6.45) is 4.24. The maximum Gasteiger partial charge on any atom is 0.293 e. The Morgan fingerprint density at radius 2 is 2.06 bits per heavy atom. The summed E-state index contributed by atoms with van der Waals surface area (Å²) in [5.74, 6) is 0.990. The van der Waals surface area contributed by atoms with Crippen molar-refractivity contribution in [1.82, 2.24) is 4.90 Å². The predicted molar refractivity (Wildman–Crippen MR) is 67.4 cm³/mol. The fourth-order valence-electron chi connectivity index (χ4n) is 1.75. The third-order valence-electron chi connectivity index (χ3n) is 2.70. The molecule has 0 bridgehead atoms. The van der Waals surface area contributed by atoms with Gasteiger partial charge in [-0.2, -0.15) is 0 Å². The van der Waals surface area contributed by atoms with E-state index < -0.39 is 0 Å². The zero-order valence-electron chi connectivity index (χ0n) is 11.5. The number of ether oxygens (including phenoxy) is 1. The van der Waals surface area contributed by atoms with Gasteiger partial charge in [0, 0.05) is 6.54 Å². The van der Waals surface area contributed by atoms with Crippen LogP contribution in [0, 0.1) is 5.92 Å². The minimum absolute atomic E-state index is 0.318. The highest BCUT2D eigenvalue weighted by Gasteiger charge is 2.14. The Kier molecular flexibility index (Phi) is 7.39. The molecule has 0 aliphatic carbocycles. The summed E-state index contributed by atoms with van der Waals surface area (Å²) in [6.45, 7) is 10.9. The van der Waals surface area contributed by atoms with E-state index in [0.717, 1.165) is 5.92 Å². The van der Waals surface area contributed by atoms with Crippen molar-refractivity contribution in [3.05, 3.63) is 0 Å². The molecule has 3 heteroatoms. The van der Waals surface area contributed by atoms with Crippen LogP contribution in [0.15, 0.2) is 0 Å². The number of likely N-dealkylation sites (tertiary alicyclic amines) is 1. The first kappa shape index (κ1) is 15.4. The highest BCUT2D eigenvalue weighted by atomic mass is 16.5. The van der Waals surface area contributed by atoms with Gasteiger partial charge in [-0.3, -0.25) is 4.79 Å². The van der Waals surface area contributed by atoms with E-state index in [-0.39, 0.29) is 5.60 Å². The van der Waals surface area contributed by atoms with Crippen LogP contribution in [0.2, 0.25) is 0 Å². The van der Waals surface area contributed by atoms with Crippen molar-refractivity contribution >= 4 is 6.47 Å². The lowest BCUT2D eigenvalue weighted by Crippen LogP contribution is -2.31. The second-order valence-corrected chi connectivity index (χ2v) is 5.51. The van der Waals surface area contributed by atoms with Crippen molar-refractivity contribution in [2.24, 2.45) is 5.92 Å². The minimum Gasteiger partial charge on any atom is -0.462 e. The van der Waals surface area contributed by atoms with Gasteiger partial charge in [0.05, 0.1) is 0 Å². The first-order valence-corrected chi connectivity index (χ1v) is 6.19. The quantitative estimate of drug-likeness (QED) is 0.682. The molecule has 0 aromatic carbocycles. The number of carbonyl (C=O) groups is 1. The average molecular weight is 229 g/mol. The largest absolute Gasteiger partial charge is 0.462 e. The summed E-state index contributed by atoms with van der Waals surface area (Å²) in [5, 5.41) is 0. The third kappa shape index (κ3) is 8.72. The number of hydrogen-bond acceptors (Lipinski definition) is 3. The van der Waals surface area contributed by atoms with E-state index in [4.69, 9.17) is 0 Å². The molecule has 0 saturated carbocycles. The van der Waals surface area contributed by atoms with Crippen LogP contribution in [0.4, 0.5) is 0 Å². The van der Waals surface area contributed by atoms with E-state index in [1.165, 1.54) is 32.4 Å². The van der Waals surface area contributed by atoms with Crippen molar-refractivity contribution < 1.29 is 9.53 Å². The second-order valence-electron chi connectivity index (χ2n) is 5.51. The van der Waals surface area contributed by atoms with E-state index in [1.807, 2.05) is 20.8 Å². The van der Waals surface area contributed by atoms with Gasteiger partial charge in [0.25, 0.3) is 6.47 Å².